The first-order valence-corrected chi connectivity index (χ1v) is 12.4. The highest BCUT2D eigenvalue weighted by molar-refractivity contribution is 6.04. The van der Waals surface area contributed by atoms with Crippen molar-refractivity contribution in [3.05, 3.63) is 76.8 Å². The van der Waals surface area contributed by atoms with Gasteiger partial charge in [0.05, 0.1) is 13.2 Å². The Bertz CT molecular complexity index is 1470. The van der Waals surface area contributed by atoms with Crippen molar-refractivity contribution in [2.45, 2.75) is 37.5 Å². The number of aromatic nitrogens is 2. The summed E-state index contributed by atoms with van der Waals surface area (Å²) in [5, 5.41) is 18.9. The number of aliphatic carboxylic acids is 1. The van der Waals surface area contributed by atoms with Gasteiger partial charge in [0, 0.05) is 53.9 Å². The molecule has 3 aromatic rings. The predicted octanol–water partition coefficient (Wildman–Crippen LogP) is 4.31. The number of hydrogen-bond acceptors (Lipinski definition) is 5. The van der Waals surface area contributed by atoms with Crippen molar-refractivity contribution in [3.8, 4) is 5.75 Å². The van der Waals surface area contributed by atoms with E-state index in [9.17, 15) is 14.4 Å². The van der Waals surface area contributed by atoms with Gasteiger partial charge in [0.1, 0.15) is 5.75 Å². The lowest BCUT2D eigenvalue weighted by molar-refractivity contribution is -0.137. The number of nitrogens with one attached hydrogen (secondary N) is 2. The monoisotopic (exact) mass is 513 g/mol. The Morgan fingerprint density at radius 1 is 1.21 bits per heavy atom. The maximum Gasteiger partial charge on any atom is 0.303 e. The van der Waals surface area contributed by atoms with E-state index in [1.165, 1.54) is 0 Å². The minimum atomic E-state index is -0.875. The van der Waals surface area contributed by atoms with Crippen molar-refractivity contribution in [3.63, 3.8) is 0 Å². The van der Waals surface area contributed by atoms with Gasteiger partial charge in [-0.1, -0.05) is 12.1 Å². The van der Waals surface area contributed by atoms with E-state index in [-0.39, 0.29) is 24.2 Å². The molecule has 0 radical (unpaired) electrons. The van der Waals surface area contributed by atoms with Crippen LogP contribution in [0, 0.1) is 12.5 Å². The van der Waals surface area contributed by atoms with Gasteiger partial charge in [-0.3, -0.25) is 19.1 Å². The van der Waals surface area contributed by atoms with Gasteiger partial charge < -0.3 is 20.5 Å². The van der Waals surface area contributed by atoms with Gasteiger partial charge in [-0.15, -0.1) is 0 Å². The van der Waals surface area contributed by atoms with Crippen LogP contribution in [0.15, 0.2) is 48.7 Å². The highest BCUT2D eigenvalue weighted by Gasteiger charge is 2.61. The fourth-order valence-corrected chi connectivity index (χ4v) is 5.18. The van der Waals surface area contributed by atoms with Crippen LogP contribution in [0.5, 0.6) is 5.75 Å². The van der Waals surface area contributed by atoms with Crippen molar-refractivity contribution >= 4 is 35.0 Å². The molecule has 1 aliphatic heterocycles. The average Bonchev–Trinajstić information content (AvgIpc) is 3.47. The largest absolute Gasteiger partial charge is 0.493 e. The number of nitrogens with zero attached hydrogens (tertiary/aromatic N) is 3. The van der Waals surface area contributed by atoms with Crippen LogP contribution in [0.4, 0.5) is 17.2 Å². The van der Waals surface area contributed by atoms with Gasteiger partial charge >= 0.3 is 5.97 Å². The Morgan fingerprint density at radius 2 is 2.05 bits per heavy atom. The SMILES string of the molecule is [C-]#[N+]c1ccc(CCCC(=O)O)c(NC(=O)[C@@H]2C[C@]23CCOc2ccc(C(=O)Nc4ccn(C)n4)cc23)c1. The molecule has 2 atom stereocenters. The van der Waals surface area contributed by atoms with Crippen molar-refractivity contribution < 1.29 is 24.2 Å². The first-order chi connectivity index (χ1) is 18.3. The summed E-state index contributed by atoms with van der Waals surface area (Å²) in [5.74, 6) is -0.531. The summed E-state index contributed by atoms with van der Waals surface area (Å²) in [6.45, 7) is 7.81. The van der Waals surface area contributed by atoms with Crippen LogP contribution in [0.2, 0.25) is 0 Å². The molecule has 194 valence electrons. The minimum absolute atomic E-state index is 0.0245. The third kappa shape index (κ3) is 4.95. The van der Waals surface area contributed by atoms with Crippen LogP contribution in [-0.2, 0) is 28.5 Å². The molecule has 0 saturated heterocycles. The Morgan fingerprint density at radius 3 is 2.79 bits per heavy atom. The topological polar surface area (TPSA) is 127 Å². The van der Waals surface area contributed by atoms with Gasteiger partial charge in [-0.05, 0) is 55.5 Å². The van der Waals surface area contributed by atoms with Crippen LogP contribution in [0.25, 0.3) is 4.85 Å². The van der Waals surface area contributed by atoms with E-state index in [2.05, 4.69) is 20.6 Å². The van der Waals surface area contributed by atoms with E-state index in [0.717, 1.165) is 11.1 Å². The standard InChI is InChI=1S/C28H27N5O5/c1-29-19-8-6-17(4-3-5-25(34)35)22(15-19)30-27(37)21-16-28(21)11-13-38-23-9-7-18(14-20(23)28)26(36)31-24-10-12-33(2)32-24/h6-10,12,14-15,21H,3-5,11,13,16H2,2H3,(H,30,37)(H,34,35)(H,31,32,36)/t21-,28-/m0/s1. The fourth-order valence-electron chi connectivity index (χ4n) is 5.18. The maximum atomic E-state index is 13.4. The van der Waals surface area contributed by atoms with Crippen LogP contribution in [0.3, 0.4) is 0 Å². The summed E-state index contributed by atoms with van der Waals surface area (Å²) in [6.07, 6.45) is 3.94. The van der Waals surface area contributed by atoms with Crippen LogP contribution in [0.1, 0.15) is 47.2 Å². The summed E-state index contributed by atoms with van der Waals surface area (Å²) in [7, 11) is 1.77. The maximum absolute atomic E-state index is 13.4. The second-order valence-corrected chi connectivity index (χ2v) is 9.74. The van der Waals surface area contributed by atoms with Crippen molar-refractivity contribution in [1.82, 2.24) is 9.78 Å². The Balaban J connectivity index is 1.35. The molecule has 1 aromatic heterocycles. The molecule has 10 nitrogen and oxygen atoms in total. The van der Waals surface area contributed by atoms with Crippen molar-refractivity contribution in [2.75, 3.05) is 17.2 Å². The molecule has 38 heavy (non-hydrogen) atoms. The zero-order valence-electron chi connectivity index (χ0n) is 20.9. The van der Waals surface area contributed by atoms with Gasteiger partial charge in [0.2, 0.25) is 5.91 Å². The molecule has 1 spiro atoms. The minimum Gasteiger partial charge on any atom is -0.493 e. The third-order valence-electron chi connectivity index (χ3n) is 7.25. The number of ether oxygens (including phenoxy) is 1. The van der Waals surface area contributed by atoms with Gasteiger partial charge in [-0.25, -0.2) is 4.85 Å². The Hall–Kier alpha value is -4.65. The fraction of sp³-hybridized carbons (Fsp3) is 0.321. The summed E-state index contributed by atoms with van der Waals surface area (Å²) >= 11 is 0. The van der Waals surface area contributed by atoms with E-state index in [0.29, 0.717) is 60.8 Å². The lowest BCUT2D eigenvalue weighted by Gasteiger charge is -2.27. The molecule has 1 aliphatic carbocycles. The molecule has 1 fully saturated rings. The highest BCUT2D eigenvalue weighted by atomic mass is 16.5. The van der Waals surface area contributed by atoms with Crippen molar-refractivity contribution in [1.29, 1.82) is 0 Å². The van der Waals surface area contributed by atoms with Crippen LogP contribution < -0.4 is 15.4 Å². The molecular formula is C28H27N5O5. The summed E-state index contributed by atoms with van der Waals surface area (Å²) in [5.41, 5.74) is 2.59. The van der Waals surface area contributed by atoms with Gasteiger partial charge in [0.15, 0.2) is 11.5 Å². The number of carboxylic acid groups (broad SMARTS) is 1. The van der Waals surface area contributed by atoms with E-state index in [1.54, 1.807) is 60.4 Å². The molecule has 5 rings (SSSR count). The molecule has 2 heterocycles. The Labute approximate surface area is 219 Å². The van der Waals surface area contributed by atoms with Crippen LogP contribution >= 0.6 is 0 Å². The second kappa shape index (κ2) is 10.0. The van der Waals surface area contributed by atoms with E-state index in [4.69, 9.17) is 16.4 Å². The van der Waals surface area contributed by atoms with Crippen molar-refractivity contribution in [2.24, 2.45) is 13.0 Å². The second-order valence-electron chi connectivity index (χ2n) is 9.74. The number of rotatable bonds is 8. The molecule has 2 aromatic carbocycles. The molecule has 10 heteroatoms. The molecule has 2 aliphatic rings. The normalized spacial score (nSPS) is 19.1. The lowest BCUT2D eigenvalue weighted by Crippen LogP contribution is -2.27. The number of hydrogen-bond donors (Lipinski definition) is 3. The number of anilines is 2. The smallest absolute Gasteiger partial charge is 0.303 e. The summed E-state index contributed by atoms with van der Waals surface area (Å²) in [6, 6.07) is 12.1. The molecule has 0 unspecified atom stereocenters. The number of amides is 2. The zero-order valence-corrected chi connectivity index (χ0v) is 20.9. The number of benzene rings is 2. The third-order valence-corrected chi connectivity index (χ3v) is 7.25. The predicted molar refractivity (Wildman–Crippen MR) is 139 cm³/mol. The first kappa shape index (κ1) is 25.0. The molecule has 2 amide bonds. The van der Waals surface area contributed by atoms with Crippen LogP contribution in [-0.4, -0.2) is 39.3 Å². The van der Waals surface area contributed by atoms with E-state index >= 15 is 0 Å². The van der Waals surface area contributed by atoms with Gasteiger partial charge in [0.25, 0.3) is 5.91 Å². The van der Waals surface area contributed by atoms with Gasteiger partial charge in [-0.2, -0.15) is 5.10 Å². The quantitative estimate of drug-likeness (QED) is 0.385. The van der Waals surface area contributed by atoms with E-state index in [1.807, 2.05) is 0 Å². The first-order valence-electron chi connectivity index (χ1n) is 12.4. The lowest BCUT2D eigenvalue weighted by atomic mass is 9.86. The molecule has 1 saturated carbocycles. The molecular weight excluding hydrogens is 486 g/mol. The summed E-state index contributed by atoms with van der Waals surface area (Å²) in [4.78, 5) is 40.7. The average molecular weight is 514 g/mol. The highest BCUT2D eigenvalue weighted by Crippen LogP contribution is 2.61. The molecule has 3 N–H and O–H groups in total. The number of fused-ring (bicyclic) bond motifs is 2. The number of carbonyl (C=O) groups excluding carboxylic acids is 2. The number of carbonyl (C=O) groups is 3. The number of aryl methyl sites for hydroxylation is 2. The molecule has 0 bridgehead atoms. The zero-order chi connectivity index (χ0) is 26.9. The van der Waals surface area contributed by atoms with E-state index < -0.39 is 11.4 Å². The number of carboxylic acids is 1. The Kier molecular flexibility index (Phi) is 6.59. The summed E-state index contributed by atoms with van der Waals surface area (Å²) < 4.78 is 7.46.